The largest absolute Gasteiger partial charge is 0.392 e. The molecule has 1 amide bonds. The second-order valence-electron chi connectivity index (χ2n) is 6.62. The number of carbonyl (C=O) groups excluding carboxylic acids is 1. The van der Waals surface area contributed by atoms with Gasteiger partial charge in [-0.1, -0.05) is 31.5 Å². The van der Waals surface area contributed by atoms with Gasteiger partial charge in [0.05, 0.1) is 10.4 Å². The minimum absolute atomic E-state index is 0.0972. The molecule has 2 unspecified atom stereocenters. The summed E-state index contributed by atoms with van der Waals surface area (Å²) in [6.07, 6.45) is 8.65. The standard InChI is InChI=1S/C15H25N3OS/c16-13(20)15(7-2-3-8-15)14(19)17-11-6-10-18-9-4-1-5-12(11)18/h11-12H,1-10H2,(H2,16,20)(H,17,19). The fourth-order valence-electron chi connectivity index (χ4n) is 4.29. The molecule has 0 radical (unpaired) electrons. The molecule has 2 saturated heterocycles. The topological polar surface area (TPSA) is 58.4 Å². The molecule has 1 aliphatic carbocycles. The summed E-state index contributed by atoms with van der Waals surface area (Å²) in [5, 5.41) is 3.29. The number of hydrogen-bond donors (Lipinski definition) is 2. The Hall–Kier alpha value is -0.680. The molecule has 3 N–H and O–H groups in total. The van der Waals surface area contributed by atoms with Crippen molar-refractivity contribution in [2.45, 2.75) is 63.5 Å². The number of nitrogens with one attached hydrogen (secondary N) is 1. The van der Waals surface area contributed by atoms with E-state index in [-0.39, 0.29) is 5.91 Å². The van der Waals surface area contributed by atoms with Crippen LogP contribution < -0.4 is 11.1 Å². The summed E-state index contributed by atoms with van der Waals surface area (Å²) in [6, 6.07) is 0.840. The highest BCUT2D eigenvalue weighted by molar-refractivity contribution is 7.80. The highest BCUT2D eigenvalue weighted by atomic mass is 32.1. The minimum Gasteiger partial charge on any atom is -0.392 e. The SMILES string of the molecule is NC(=S)C1(C(=O)NC2CCN3CCCCC23)CCCC1. The van der Waals surface area contributed by atoms with Gasteiger partial charge in [-0.25, -0.2) is 0 Å². The fourth-order valence-corrected chi connectivity index (χ4v) is 4.58. The Kier molecular flexibility index (Phi) is 4.00. The molecule has 5 heteroatoms. The summed E-state index contributed by atoms with van der Waals surface area (Å²) < 4.78 is 0. The Bertz CT molecular complexity index is 406. The zero-order chi connectivity index (χ0) is 14.2. The van der Waals surface area contributed by atoms with E-state index < -0.39 is 5.41 Å². The summed E-state index contributed by atoms with van der Waals surface area (Å²) in [6.45, 7) is 2.31. The normalized spacial score (nSPS) is 32.8. The highest BCUT2D eigenvalue weighted by Gasteiger charge is 2.46. The van der Waals surface area contributed by atoms with Crippen LogP contribution in [0.15, 0.2) is 0 Å². The minimum atomic E-state index is -0.558. The number of nitrogens with zero attached hydrogens (tertiary/aromatic N) is 1. The smallest absolute Gasteiger partial charge is 0.233 e. The van der Waals surface area contributed by atoms with Crippen LogP contribution in [-0.4, -0.2) is 41.0 Å². The highest BCUT2D eigenvalue weighted by Crippen LogP contribution is 2.39. The molecule has 0 aromatic rings. The average Bonchev–Trinajstić information content (AvgIpc) is 3.07. The number of nitrogens with two attached hydrogens (primary N) is 1. The van der Waals surface area contributed by atoms with Gasteiger partial charge in [-0.3, -0.25) is 9.69 Å². The van der Waals surface area contributed by atoms with Crippen molar-refractivity contribution in [3.63, 3.8) is 0 Å². The van der Waals surface area contributed by atoms with Crippen LogP contribution in [0.5, 0.6) is 0 Å². The van der Waals surface area contributed by atoms with Crippen LogP contribution >= 0.6 is 12.2 Å². The first-order chi connectivity index (χ1) is 9.63. The van der Waals surface area contributed by atoms with Gasteiger partial charge in [-0.2, -0.15) is 0 Å². The average molecular weight is 295 g/mol. The quantitative estimate of drug-likeness (QED) is 0.776. The van der Waals surface area contributed by atoms with Gasteiger partial charge in [0.15, 0.2) is 0 Å². The van der Waals surface area contributed by atoms with E-state index in [4.69, 9.17) is 18.0 Å². The molecule has 20 heavy (non-hydrogen) atoms. The maximum Gasteiger partial charge on any atom is 0.233 e. The lowest BCUT2D eigenvalue weighted by molar-refractivity contribution is -0.128. The van der Waals surface area contributed by atoms with Crippen LogP contribution in [0.4, 0.5) is 0 Å². The van der Waals surface area contributed by atoms with Crippen molar-refractivity contribution in [2.24, 2.45) is 11.1 Å². The number of rotatable bonds is 3. The van der Waals surface area contributed by atoms with Crippen molar-refractivity contribution < 1.29 is 4.79 Å². The molecule has 3 fully saturated rings. The zero-order valence-corrected chi connectivity index (χ0v) is 12.9. The van der Waals surface area contributed by atoms with E-state index in [1.807, 2.05) is 0 Å². The molecular weight excluding hydrogens is 270 g/mol. The summed E-state index contributed by atoms with van der Waals surface area (Å²) in [4.78, 5) is 15.7. The van der Waals surface area contributed by atoms with E-state index in [2.05, 4.69) is 10.2 Å². The molecule has 0 spiro atoms. The third kappa shape index (κ3) is 2.35. The third-order valence-electron chi connectivity index (χ3n) is 5.54. The predicted molar refractivity (Wildman–Crippen MR) is 83.4 cm³/mol. The second kappa shape index (κ2) is 5.60. The summed E-state index contributed by atoms with van der Waals surface area (Å²) in [7, 11) is 0. The molecule has 3 rings (SSSR count). The first-order valence-electron chi connectivity index (χ1n) is 7.98. The van der Waals surface area contributed by atoms with Crippen LogP contribution in [0.1, 0.15) is 51.4 Å². The summed E-state index contributed by atoms with van der Waals surface area (Å²) in [5.74, 6) is 0.0972. The van der Waals surface area contributed by atoms with Crippen molar-refractivity contribution in [2.75, 3.05) is 13.1 Å². The van der Waals surface area contributed by atoms with Gasteiger partial charge >= 0.3 is 0 Å². The van der Waals surface area contributed by atoms with Gasteiger partial charge < -0.3 is 11.1 Å². The Balaban J connectivity index is 1.68. The first kappa shape index (κ1) is 14.3. The van der Waals surface area contributed by atoms with Gasteiger partial charge in [0.1, 0.15) is 0 Å². The van der Waals surface area contributed by atoms with E-state index in [0.717, 1.165) is 38.6 Å². The van der Waals surface area contributed by atoms with Gasteiger partial charge in [0.25, 0.3) is 0 Å². The molecule has 2 heterocycles. The molecular formula is C15H25N3OS. The molecule has 2 aliphatic heterocycles. The van der Waals surface area contributed by atoms with Gasteiger partial charge in [-0.15, -0.1) is 0 Å². The van der Waals surface area contributed by atoms with E-state index in [1.54, 1.807) is 0 Å². The number of thiocarbonyl (C=S) groups is 1. The number of piperidine rings is 1. The molecule has 112 valence electrons. The van der Waals surface area contributed by atoms with E-state index in [9.17, 15) is 4.79 Å². The monoisotopic (exact) mass is 295 g/mol. The molecule has 4 nitrogen and oxygen atoms in total. The van der Waals surface area contributed by atoms with Crippen molar-refractivity contribution in [1.29, 1.82) is 0 Å². The van der Waals surface area contributed by atoms with Crippen LogP contribution in [0.25, 0.3) is 0 Å². The van der Waals surface area contributed by atoms with Gasteiger partial charge in [0, 0.05) is 18.6 Å². The summed E-state index contributed by atoms with van der Waals surface area (Å²) >= 11 is 5.21. The van der Waals surface area contributed by atoms with Crippen molar-refractivity contribution in [3.05, 3.63) is 0 Å². The molecule has 0 aromatic heterocycles. The lowest BCUT2D eigenvalue weighted by Gasteiger charge is -2.34. The Morgan fingerprint density at radius 2 is 1.90 bits per heavy atom. The Morgan fingerprint density at radius 3 is 2.60 bits per heavy atom. The van der Waals surface area contributed by atoms with Crippen molar-refractivity contribution in [3.8, 4) is 0 Å². The summed E-state index contributed by atoms with van der Waals surface area (Å²) in [5.41, 5.74) is 5.34. The van der Waals surface area contributed by atoms with Crippen LogP contribution in [0.3, 0.4) is 0 Å². The molecule has 1 saturated carbocycles. The lowest BCUT2D eigenvalue weighted by Crippen LogP contribution is -2.53. The van der Waals surface area contributed by atoms with E-state index in [0.29, 0.717) is 17.1 Å². The molecule has 0 aromatic carbocycles. The van der Waals surface area contributed by atoms with Crippen LogP contribution in [0, 0.1) is 5.41 Å². The molecule has 0 bridgehead atoms. The predicted octanol–water partition coefficient (Wildman–Crippen LogP) is 1.58. The molecule has 2 atom stereocenters. The number of carbonyl (C=O) groups is 1. The van der Waals surface area contributed by atoms with Crippen LogP contribution in [-0.2, 0) is 4.79 Å². The zero-order valence-electron chi connectivity index (χ0n) is 12.1. The third-order valence-corrected chi connectivity index (χ3v) is 5.93. The maximum absolute atomic E-state index is 12.7. The fraction of sp³-hybridized carbons (Fsp3) is 0.867. The second-order valence-corrected chi connectivity index (χ2v) is 7.06. The van der Waals surface area contributed by atoms with Gasteiger partial charge in [0.2, 0.25) is 5.91 Å². The Labute approximate surface area is 126 Å². The van der Waals surface area contributed by atoms with Crippen molar-refractivity contribution >= 4 is 23.1 Å². The maximum atomic E-state index is 12.7. The Morgan fingerprint density at radius 1 is 1.15 bits per heavy atom. The number of hydrogen-bond acceptors (Lipinski definition) is 3. The van der Waals surface area contributed by atoms with Crippen LogP contribution in [0.2, 0.25) is 0 Å². The number of amides is 1. The van der Waals surface area contributed by atoms with E-state index >= 15 is 0 Å². The van der Waals surface area contributed by atoms with Crippen molar-refractivity contribution in [1.82, 2.24) is 10.2 Å². The van der Waals surface area contributed by atoms with E-state index in [1.165, 1.54) is 25.8 Å². The van der Waals surface area contributed by atoms with Gasteiger partial charge in [-0.05, 0) is 38.6 Å². The lowest BCUT2D eigenvalue weighted by atomic mass is 9.84. The first-order valence-corrected chi connectivity index (χ1v) is 8.39. The number of fused-ring (bicyclic) bond motifs is 1. The molecule has 3 aliphatic rings.